The molecule has 1 heterocycles. The first kappa shape index (κ1) is 16.5. The van der Waals surface area contributed by atoms with Crippen LogP contribution in [-0.2, 0) is 6.42 Å². The summed E-state index contributed by atoms with van der Waals surface area (Å²) < 4.78 is 10.3. The summed E-state index contributed by atoms with van der Waals surface area (Å²) in [5, 5.41) is 3.96. The third kappa shape index (κ3) is 3.95. The van der Waals surface area contributed by atoms with E-state index in [0.29, 0.717) is 18.1 Å². The lowest BCUT2D eigenvalue weighted by Crippen LogP contribution is -2.17. The van der Waals surface area contributed by atoms with Crippen molar-refractivity contribution in [2.24, 2.45) is 11.7 Å². The highest BCUT2D eigenvalue weighted by Crippen LogP contribution is 2.18. The van der Waals surface area contributed by atoms with Crippen molar-refractivity contribution in [1.82, 2.24) is 10.1 Å². The minimum absolute atomic E-state index is 0. The summed E-state index contributed by atoms with van der Waals surface area (Å²) in [5.74, 6) is 2.25. The second-order valence-electron chi connectivity index (χ2n) is 4.84. The molecule has 1 aromatic carbocycles. The summed E-state index contributed by atoms with van der Waals surface area (Å²) in [5.41, 5.74) is 7.07. The smallest absolute Gasteiger partial charge is 0.243 e. The molecule has 20 heavy (non-hydrogen) atoms. The third-order valence-electron chi connectivity index (χ3n) is 3.01. The maximum absolute atomic E-state index is 5.97. The number of ether oxygens (including phenoxy) is 1. The van der Waals surface area contributed by atoms with Gasteiger partial charge < -0.3 is 15.0 Å². The first-order valence-corrected chi connectivity index (χ1v) is 6.31. The van der Waals surface area contributed by atoms with Gasteiger partial charge >= 0.3 is 0 Å². The van der Waals surface area contributed by atoms with Crippen molar-refractivity contribution in [3.63, 3.8) is 0 Å². The Bertz CT molecular complexity index is 525. The summed E-state index contributed by atoms with van der Waals surface area (Å²) in [6.45, 7) is 4.05. The Labute approximate surface area is 124 Å². The Morgan fingerprint density at radius 2 is 1.90 bits per heavy atom. The van der Waals surface area contributed by atoms with E-state index in [1.54, 1.807) is 7.11 Å². The molecule has 0 amide bonds. The summed E-state index contributed by atoms with van der Waals surface area (Å²) in [6.07, 6.45) is 0.623. The number of benzene rings is 1. The van der Waals surface area contributed by atoms with Crippen molar-refractivity contribution in [2.45, 2.75) is 26.3 Å². The molecule has 2 rings (SSSR count). The van der Waals surface area contributed by atoms with Crippen LogP contribution in [0.1, 0.15) is 37.2 Å². The summed E-state index contributed by atoms with van der Waals surface area (Å²) in [6, 6.07) is 7.58. The number of nitrogens with zero attached hydrogens (tertiary/aromatic N) is 2. The lowest BCUT2D eigenvalue weighted by atomic mass is 10.1. The van der Waals surface area contributed by atoms with Crippen LogP contribution in [0.15, 0.2) is 28.8 Å². The van der Waals surface area contributed by atoms with Gasteiger partial charge in [0.1, 0.15) is 5.75 Å². The highest BCUT2D eigenvalue weighted by Gasteiger charge is 2.17. The Balaban J connectivity index is 0.00000200. The van der Waals surface area contributed by atoms with Crippen molar-refractivity contribution in [1.29, 1.82) is 0 Å². The van der Waals surface area contributed by atoms with E-state index in [9.17, 15) is 0 Å². The fourth-order valence-electron chi connectivity index (χ4n) is 1.69. The summed E-state index contributed by atoms with van der Waals surface area (Å²) in [7, 11) is 1.65. The number of hydrogen-bond acceptors (Lipinski definition) is 5. The third-order valence-corrected chi connectivity index (χ3v) is 3.01. The monoisotopic (exact) mass is 297 g/mol. The SMILES string of the molecule is COc1ccc(Cc2noc(C(N)C(C)C)n2)cc1.Cl. The molecule has 1 unspecified atom stereocenters. The van der Waals surface area contributed by atoms with Gasteiger partial charge in [0.2, 0.25) is 5.89 Å². The van der Waals surface area contributed by atoms with Crippen LogP contribution in [0, 0.1) is 5.92 Å². The molecule has 6 heteroatoms. The second-order valence-corrected chi connectivity index (χ2v) is 4.84. The van der Waals surface area contributed by atoms with Gasteiger partial charge in [-0.05, 0) is 23.6 Å². The predicted molar refractivity (Wildman–Crippen MR) is 79.1 cm³/mol. The van der Waals surface area contributed by atoms with Gasteiger partial charge in [-0.15, -0.1) is 12.4 Å². The van der Waals surface area contributed by atoms with Crippen molar-refractivity contribution in [3.05, 3.63) is 41.5 Å². The molecule has 0 spiro atoms. The van der Waals surface area contributed by atoms with Gasteiger partial charge in [0.25, 0.3) is 0 Å². The molecular weight excluding hydrogens is 278 g/mol. The standard InChI is InChI=1S/C14H19N3O2.ClH/c1-9(2)13(15)14-16-12(17-19-14)8-10-4-6-11(18-3)7-5-10;/h4-7,9,13H,8,15H2,1-3H3;1H. The lowest BCUT2D eigenvalue weighted by Gasteiger charge is -2.09. The number of methoxy groups -OCH3 is 1. The number of nitrogens with two attached hydrogens (primary N) is 1. The lowest BCUT2D eigenvalue weighted by molar-refractivity contribution is 0.322. The fraction of sp³-hybridized carbons (Fsp3) is 0.429. The second kappa shape index (κ2) is 7.26. The Morgan fingerprint density at radius 1 is 1.25 bits per heavy atom. The highest BCUT2D eigenvalue weighted by atomic mass is 35.5. The fourth-order valence-corrected chi connectivity index (χ4v) is 1.69. The maximum atomic E-state index is 5.97. The Morgan fingerprint density at radius 3 is 2.45 bits per heavy atom. The highest BCUT2D eigenvalue weighted by molar-refractivity contribution is 5.85. The van der Waals surface area contributed by atoms with E-state index in [1.807, 2.05) is 38.1 Å². The average Bonchev–Trinajstić information content (AvgIpc) is 2.87. The van der Waals surface area contributed by atoms with Crippen molar-refractivity contribution in [2.75, 3.05) is 7.11 Å². The van der Waals surface area contributed by atoms with E-state index in [1.165, 1.54) is 0 Å². The zero-order chi connectivity index (χ0) is 13.8. The molecule has 2 aromatic rings. The molecule has 0 radical (unpaired) electrons. The molecule has 0 bridgehead atoms. The van der Waals surface area contributed by atoms with Gasteiger partial charge in [0.15, 0.2) is 5.82 Å². The minimum atomic E-state index is -0.211. The number of hydrogen-bond donors (Lipinski definition) is 1. The van der Waals surface area contributed by atoms with Crippen LogP contribution >= 0.6 is 12.4 Å². The molecule has 0 saturated heterocycles. The van der Waals surface area contributed by atoms with Crippen molar-refractivity contribution < 1.29 is 9.26 Å². The van der Waals surface area contributed by atoms with E-state index in [2.05, 4.69) is 10.1 Å². The molecule has 0 aliphatic heterocycles. The Kier molecular flexibility index (Phi) is 5.98. The molecule has 0 aliphatic rings. The van der Waals surface area contributed by atoms with Crippen LogP contribution < -0.4 is 10.5 Å². The normalized spacial score (nSPS) is 12.1. The van der Waals surface area contributed by atoms with Gasteiger partial charge in [0, 0.05) is 6.42 Å². The van der Waals surface area contributed by atoms with Gasteiger partial charge in [-0.1, -0.05) is 31.1 Å². The topological polar surface area (TPSA) is 74.2 Å². The zero-order valence-corrected chi connectivity index (χ0v) is 12.7. The molecule has 0 aliphatic carbocycles. The zero-order valence-electron chi connectivity index (χ0n) is 11.9. The molecular formula is C14H20ClN3O2. The number of halogens is 1. The molecule has 5 nitrogen and oxygen atoms in total. The molecule has 0 saturated carbocycles. The summed E-state index contributed by atoms with van der Waals surface area (Å²) in [4.78, 5) is 4.34. The molecule has 1 aromatic heterocycles. The minimum Gasteiger partial charge on any atom is -0.497 e. The molecule has 110 valence electrons. The van der Waals surface area contributed by atoms with E-state index < -0.39 is 0 Å². The molecule has 1 atom stereocenters. The van der Waals surface area contributed by atoms with Gasteiger partial charge in [0.05, 0.1) is 13.2 Å². The van der Waals surface area contributed by atoms with Crippen molar-refractivity contribution in [3.8, 4) is 5.75 Å². The Hall–Kier alpha value is -1.59. The van der Waals surface area contributed by atoms with E-state index in [0.717, 1.165) is 11.3 Å². The van der Waals surface area contributed by atoms with Crippen molar-refractivity contribution >= 4 is 12.4 Å². The molecule has 2 N–H and O–H groups in total. The van der Waals surface area contributed by atoms with Crippen LogP contribution in [0.5, 0.6) is 5.75 Å². The van der Waals surface area contributed by atoms with Crippen LogP contribution in [0.3, 0.4) is 0 Å². The number of rotatable bonds is 5. The van der Waals surface area contributed by atoms with Crippen LogP contribution in [0.25, 0.3) is 0 Å². The maximum Gasteiger partial charge on any atom is 0.243 e. The first-order valence-electron chi connectivity index (χ1n) is 6.31. The summed E-state index contributed by atoms with van der Waals surface area (Å²) >= 11 is 0. The van der Waals surface area contributed by atoms with Crippen LogP contribution in [-0.4, -0.2) is 17.3 Å². The van der Waals surface area contributed by atoms with E-state index in [4.69, 9.17) is 15.0 Å². The van der Waals surface area contributed by atoms with Gasteiger partial charge in [-0.2, -0.15) is 4.98 Å². The van der Waals surface area contributed by atoms with Crippen LogP contribution in [0.2, 0.25) is 0 Å². The first-order chi connectivity index (χ1) is 9.10. The average molecular weight is 298 g/mol. The number of aromatic nitrogens is 2. The quantitative estimate of drug-likeness (QED) is 0.918. The van der Waals surface area contributed by atoms with Crippen LogP contribution in [0.4, 0.5) is 0 Å². The van der Waals surface area contributed by atoms with E-state index in [-0.39, 0.29) is 24.4 Å². The van der Waals surface area contributed by atoms with Gasteiger partial charge in [-0.25, -0.2) is 0 Å². The van der Waals surface area contributed by atoms with Gasteiger partial charge in [-0.3, -0.25) is 0 Å². The predicted octanol–water partition coefficient (Wildman–Crippen LogP) is 2.75. The molecule has 0 fully saturated rings. The largest absolute Gasteiger partial charge is 0.497 e. The van der Waals surface area contributed by atoms with E-state index >= 15 is 0 Å².